The highest BCUT2D eigenvalue weighted by Gasteiger charge is 2.62. The van der Waals surface area contributed by atoms with Crippen LogP contribution in [0, 0.1) is 20.9 Å². The van der Waals surface area contributed by atoms with E-state index in [1.54, 1.807) is 12.1 Å². The molecule has 4 aliphatic rings. The van der Waals surface area contributed by atoms with Crippen LogP contribution < -0.4 is 0 Å². The Labute approximate surface area is 128 Å². The van der Waals surface area contributed by atoms with Gasteiger partial charge in [0.2, 0.25) is 0 Å². The summed E-state index contributed by atoms with van der Waals surface area (Å²) in [5, 5.41) is 11.0. The minimum Gasteiger partial charge on any atom is -0.298 e. The third-order valence-corrected chi connectivity index (χ3v) is 5.38. The lowest BCUT2D eigenvalue weighted by molar-refractivity contribution is -0.385. The van der Waals surface area contributed by atoms with Crippen LogP contribution >= 0.6 is 0 Å². The number of carbonyl (C=O) groups is 1. The van der Waals surface area contributed by atoms with Crippen molar-refractivity contribution in [1.82, 2.24) is 9.80 Å². The summed E-state index contributed by atoms with van der Waals surface area (Å²) < 4.78 is 0. The number of benzene rings is 1. The van der Waals surface area contributed by atoms with Gasteiger partial charge in [0.1, 0.15) is 5.78 Å². The van der Waals surface area contributed by atoms with Crippen molar-refractivity contribution >= 4 is 11.5 Å². The van der Waals surface area contributed by atoms with Crippen LogP contribution in [0.2, 0.25) is 0 Å². The van der Waals surface area contributed by atoms with Crippen molar-refractivity contribution in [3.63, 3.8) is 0 Å². The third-order valence-electron chi connectivity index (χ3n) is 5.38. The van der Waals surface area contributed by atoms with Crippen LogP contribution in [-0.2, 0) is 4.79 Å². The lowest BCUT2D eigenvalue weighted by Crippen LogP contribution is -2.75. The molecule has 0 radical (unpaired) electrons. The van der Waals surface area contributed by atoms with E-state index in [4.69, 9.17) is 0 Å². The summed E-state index contributed by atoms with van der Waals surface area (Å²) in [4.78, 5) is 28.0. The smallest absolute Gasteiger partial charge is 0.269 e. The van der Waals surface area contributed by atoms with E-state index >= 15 is 0 Å². The molecule has 116 valence electrons. The molecule has 0 unspecified atom stereocenters. The van der Waals surface area contributed by atoms with Crippen LogP contribution in [-0.4, -0.2) is 46.7 Å². The van der Waals surface area contributed by atoms with Gasteiger partial charge in [0.15, 0.2) is 0 Å². The number of rotatable bonds is 2. The summed E-state index contributed by atoms with van der Waals surface area (Å²) in [6.07, 6.45) is 0.0501. The van der Waals surface area contributed by atoms with Crippen molar-refractivity contribution in [2.24, 2.45) is 10.8 Å². The molecule has 4 bridgehead atoms. The predicted octanol–water partition coefficient (Wildman–Crippen LogP) is 1.82. The van der Waals surface area contributed by atoms with Gasteiger partial charge in [0.25, 0.3) is 5.69 Å². The highest BCUT2D eigenvalue weighted by Crippen LogP contribution is 2.52. The maximum atomic E-state index is 12.7. The molecule has 4 aliphatic heterocycles. The Kier molecular flexibility index (Phi) is 2.61. The maximum absolute atomic E-state index is 12.7. The first-order valence-corrected chi connectivity index (χ1v) is 7.60. The van der Waals surface area contributed by atoms with Crippen molar-refractivity contribution in [2.75, 3.05) is 26.2 Å². The number of ketones is 1. The molecular weight excluding hydrogens is 282 g/mol. The van der Waals surface area contributed by atoms with Crippen molar-refractivity contribution in [2.45, 2.75) is 20.0 Å². The van der Waals surface area contributed by atoms with E-state index in [1.807, 2.05) is 6.07 Å². The number of carbonyl (C=O) groups excluding carboxylic acids is 1. The summed E-state index contributed by atoms with van der Waals surface area (Å²) in [7, 11) is 0. The van der Waals surface area contributed by atoms with Gasteiger partial charge in [-0.2, -0.15) is 0 Å². The molecule has 0 atom stereocenters. The van der Waals surface area contributed by atoms with Crippen molar-refractivity contribution < 1.29 is 9.72 Å². The molecule has 0 spiro atoms. The van der Waals surface area contributed by atoms with Crippen LogP contribution in [0.4, 0.5) is 5.69 Å². The molecule has 1 aromatic rings. The van der Waals surface area contributed by atoms with E-state index in [-0.39, 0.29) is 27.6 Å². The summed E-state index contributed by atoms with van der Waals surface area (Å²) in [6, 6.07) is 6.89. The lowest BCUT2D eigenvalue weighted by Gasteiger charge is -2.64. The van der Waals surface area contributed by atoms with Gasteiger partial charge in [-0.05, 0) is 5.56 Å². The van der Waals surface area contributed by atoms with Gasteiger partial charge < -0.3 is 0 Å². The molecule has 22 heavy (non-hydrogen) atoms. The van der Waals surface area contributed by atoms with Gasteiger partial charge in [-0.1, -0.05) is 26.0 Å². The Hall–Kier alpha value is -1.79. The number of hydrogen-bond acceptors (Lipinski definition) is 5. The zero-order chi connectivity index (χ0) is 15.7. The first-order valence-electron chi connectivity index (χ1n) is 7.60. The van der Waals surface area contributed by atoms with Crippen molar-refractivity contribution in [3.8, 4) is 0 Å². The van der Waals surface area contributed by atoms with Crippen LogP contribution in [0.3, 0.4) is 0 Å². The predicted molar refractivity (Wildman–Crippen MR) is 80.2 cm³/mol. The zero-order valence-electron chi connectivity index (χ0n) is 12.8. The highest BCUT2D eigenvalue weighted by molar-refractivity contribution is 5.92. The number of hydrogen-bond donors (Lipinski definition) is 0. The second-order valence-corrected chi connectivity index (χ2v) is 7.49. The third kappa shape index (κ3) is 1.71. The quantitative estimate of drug-likeness (QED) is 0.616. The number of nitro benzene ring substituents is 1. The fraction of sp³-hybridized carbons (Fsp3) is 0.562. The van der Waals surface area contributed by atoms with E-state index < -0.39 is 0 Å². The van der Waals surface area contributed by atoms with E-state index in [9.17, 15) is 14.9 Å². The molecule has 6 nitrogen and oxygen atoms in total. The molecule has 0 aromatic heterocycles. The van der Waals surface area contributed by atoms with Crippen LogP contribution in [0.5, 0.6) is 0 Å². The topological polar surface area (TPSA) is 66.7 Å². The SMILES string of the molecule is CC12CN3CC(C)(CN(C1)C3c1cccc([N+](=O)[O-])c1)C2=O. The van der Waals surface area contributed by atoms with Crippen LogP contribution in [0.25, 0.3) is 0 Å². The number of non-ortho nitro benzene ring substituents is 1. The largest absolute Gasteiger partial charge is 0.298 e. The van der Waals surface area contributed by atoms with Gasteiger partial charge in [-0.15, -0.1) is 0 Å². The molecule has 0 aliphatic carbocycles. The number of nitro groups is 1. The van der Waals surface area contributed by atoms with Gasteiger partial charge in [0, 0.05) is 38.3 Å². The summed E-state index contributed by atoms with van der Waals surface area (Å²) in [5.74, 6) is 0.380. The van der Waals surface area contributed by atoms with E-state index in [1.165, 1.54) is 6.07 Å². The highest BCUT2D eigenvalue weighted by atomic mass is 16.6. The first-order chi connectivity index (χ1) is 10.3. The fourth-order valence-electron chi connectivity index (χ4n) is 4.82. The molecule has 4 fully saturated rings. The van der Waals surface area contributed by atoms with Gasteiger partial charge in [-0.25, -0.2) is 0 Å². The Balaban J connectivity index is 1.73. The number of nitrogens with zero attached hydrogens (tertiary/aromatic N) is 3. The summed E-state index contributed by atoms with van der Waals surface area (Å²) in [6.45, 7) is 7.07. The molecule has 0 N–H and O–H groups in total. The van der Waals surface area contributed by atoms with Crippen LogP contribution in [0.1, 0.15) is 25.6 Å². The van der Waals surface area contributed by atoms with Gasteiger partial charge in [0.05, 0.1) is 21.9 Å². The monoisotopic (exact) mass is 301 g/mol. The van der Waals surface area contributed by atoms with Gasteiger partial charge in [-0.3, -0.25) is 24.7 Å². The number of piperidine rings is 2. The van der Waals surface area contributed by atoms with E-state index in [0.29, 0.717) is 5.78 Å². The number of Topliss-reactive ketones (excluding diaryl/α,β-unsaturated/α-hetero) is 1. The zero-order valence-corrected chi connectivity index (χ0v) is 12.8. The minimum atomic E-state index is -0.351. The summed E-state index contributed by atoms with van der Waals surface area (Å²) >= 11 is 0. The maximum Gasteiger partial charge on any atom is 0.269 e. The fourth-order valence-corrected chi connectivity index (χ4v) is 4.82. The normalized spacial score (nSPS) is 42.6. The molecule has 0 amide bonds. The molecule has 4 saturated heterocycles. The minimum absolute atomic E-state index is 0.0501. The average molecular weight is 301 g/mol. The lowest BCUT2D eigenvalue weighted by atomic mass is 9.62. The second kappa shape index (κ2) is 4.14. The van der Waals surface area contributed by atoms with Crippen molar-refractivity contribution in [1.29, 1.82) is 0 Å². The van der Waals surface area contributed by atoms with Crippen molar-refractivity contribution in [3.05, 3.63) is 39.9 Å². The molecule has 1 aromatic carbocycles. The molecule has 4 heterocycles. The Bertz CT molecular complexity index is 647. The van der Waals surface area contributed by atoms with E-state index in [2.05, 4.69) is 23.6 Å². The Morgan fingerprint density at radius 2 is 1.68 bits per heavy atom. The first kappa shape index (κ1) is 13.8. The second-order valence-electron chi connectivity index (χ2n) is 7.49. The molecule has 0 saturated carbocycles. The average Bonchev–Trinajstić information content (AvgIpc) is 2.43. The van der Waals surface area contributed by atoms with E-state index in [0.717, 1.165) is 31.7 Å². The standard InChI is InChI=1S/C16H19N3O3/c1-15-7-17-9-16(2,14(15)20)10-18(8-15)13(17)11-4-3-5-12(6-11)19(21)22/h3-6,13H,7-10H2,1-2H3. The Morgan fingerprint density at radius 1 is 1.14 bits per heavy atom. The summed E-state index contributed by atoms with van der Waals surface area (Å²) in [5.41, 5.74) is 0.472. The molecular formula is C16H19N3O3. The van der Waals surface area contributed by atoms with Gasteiger partial charge >= 0.3 is 0 Å². The molecule has 6 heteroatoms. The Morgan fingerprint density at radius 3 is 2.18 bits per heavy atom. The van der Waals surface area contributed by atoms with Crippen LogP contribution in [0.15, 0.2) is 24.3 Å². The molecule has 5 rings (SSSR count).